The molecule has 1 unspecified atom stereocenters. The van der Waals surface area contributed by atoms with Crippen molar-refractivity contribution in [2.45, 2.75) is 26.4 Å². The van der Waals surface area contributed by atoms with E-state index in [1.807, 2.05) is 13.8 Å². The summed E-state index contributed by atoms with van der Waals surface area (Å²) in [7, 11) is 0. The Balaban J connectivity index is 2.52. The standard InChI is InChI=1S/C8H12O3/c1-3-10-5-7-4-6(2)11-8(7)9/h5-6H,3-4H2,1-2H3/b7-5+. The van der Waals surface area contributed by atoms with E-state index in [1.54, 1.807) is 0 Å². The molecule has 0 N–H and O–H groups in total. The summed E-state index contributed by atoms with van der Waals surface area (Å²) < 4.78 is 9.86. The summed E-state index contributed by atoms with van der Waals surface area (Å²) >= 11 is 0. The summed E-state index contributed by atoms with van der Waals surface area (Å²) in [4.78, 5) is 10.9. The van der Waals surface area contributed by atoms with Gasteiger partial charge >= 0.3 is 5.97 Å². The van der Waals surface area contributed by atoms with Gasteiger partial charge in [0.2, 0.25) is 0 Å². The van der Waals surface area contributed by atoms with Crippen LogP contribution in [0.5, 0.6) is 0 Å². The van der Waals surface area contributed by atoms with Crippen LogP contribution in [-0.2, 0) is 14.3 Å². The molecule has 1 aliphatic heterocycles. The molecule has 1 rings (SSSR count). The molecule has 0 aromatic carbocycles. The minimum absolute atomic E-state index is 0.00852. The van der Waals surface area contributed by atoms with Crippen molar-refractivity contribution < 1.29 is 14.3 Å². The van der Waals surface area contributed by atoms with E-state index >= 15 is 0 Å². The van der Waals surface area contributed by atoms with Crippen molar-refractivity contribution in [1.29, 1.82) is 0 Å². The summed E-state index contributed by atoms with van der Waals surface area (Å²) in [6, 6.07) is 0. The molecule has 62 valence electrons. The topological polar surface area (TPSA) is 35.5 Å². The SMILES string of the molecule is CCO/C=C1\CC(C)OC1=O. The van der Waals surface area contributed by atoms with Crippen molar-refractivity contribution in [1.82, 2.24) is 0 Å². The predicted octanol–water partition coefficient (Wildman–Crippen LogP) is 1.24. The lowest BCUT2D eigenvalue weighted by atomic mass is 10.2. The number of hydrogen-bond acceptors (Lipinski definition) is 3. The molecule has 1 atom stereocenters. The van der Waals surface area contributed by atoms with Gasteiger partial charge in [-0.2, -0.15) is 0 Å². The van der Waals surface area contributed by atoms with Gasteiger partial charge < -0.3 is 9.47 Å². The molecule has 1 aliphatic rings. The van der Waals surface area contributed by atoms with Crippen LogP contribution in [0.3, 0.4) is 0 Å². The quantitative estimate of drug-likeness (QED) is 0.343. The Bertz CT molecular complexity index is 184. The summed E-state index contributed by atoms with van der Waals surface area (Å²) in [6.07, 6.45) is 2.17. The van der Waals surface area contributed by atoms with E-state index in [0.717, 1.165) is 0 Å². The maximum Gasteiger partial charge on any atom is 0.337 e. The van der Waals surface area contributed by atoms with E-state index in [-0.39, 0.29) is 12.1 Å². The molecular weight excluding hydrogens is 144 g/mol. The first-order chi connectivity index (χ1) is 5.24. The highest BCUT2D eigenvalue weighted by Gasteiger charge is 2.25. The Morgan fingerprint density at radius 2 is 2.55 bits per heavy atom. The minimum atomic E-state index is -0.244. The number of carbonyl (C=O) groups excluding carboxylic acids is 1. The van der Waals surface area contributed by atoms with Crippen LogP contribution in [0, 0.1) is 0 Å². The zero-order valence-corrected chi connectivity index (χ0v) is 6.79. The first kappa shape index (κ1) is 8.11. The van der Waals surface area contributed by atoms with Crippen molar-refractivity contribution >= 4 is 5.97 Å². The molecule has 3 heteroatoms. The number of hydrogen-bond donors (Lipinski definition) is 0. The van der Waals surface area contributed by atoms with Crippen molar-refractivity contribution in [3.05, 3.63) is 11.8 Å². The molecule has 0 aliphatic carbocycles. The molecule has 3 nitrogen and oxygen atoms in total. The monoisotopic (exact) mass is 156 g/mol. The largest absolute Gasteiger partial charge is 0.501 e. The van der Waals surface area contributed by atoms with Crippen LogP contribution in [-0.4, -0.2) is 18.7 Å². The average Bonchev–Trinajstić information content (AvgIpc) is 2.26. The zero-order valence-electron chi connectivity index (χ0n) is 6.79. The molecule has 0 saturated carbocycles. The third kappa shape index (κ3) is 1.97. The Kier molecular flexibility index (Phi) is 2.52. The minimum Gasteiger partial charge on any atom is -0.501 e. The van der Waals surface area contributed by atoms with E-state index in [9.17, 15) is 4.79 Å². The van der Waals surface area contributed by atoms with Crippen molar-refractivity contribution in [3.8, 4) is 0 Å². The molecule has 0 bridgehead atoms. The van der Waals surface area contributed by atoms with Gasteiger partial charge in [-0.15, -0.1) is 0 Å². The first-order valence-corrected chi connectivity index (χ1v) is 3.75. The molecule has 0 aromatic rings. The molecule has 0 amide bonds. The third-order valence-corrected chi connectivity index (χ3v) is 1.47. The lowest BCUT2D eigenvalue weighted by Crippen LogP contribution is -1.99. The molecular formula is C8H12O3. The average molecular weight is 156 g/mol. The maximum absolute atomic E-state index is 10.9. The summed E-state index contributed by atoms with van der Waals surface area (Å²) in [5.41, 5.74) is 0.638. The van der Waals surface area contributed by atoms with Crippen LogP contribution in [0.15, 0.2) is 11.8 Å². The fourth-order valence-corrected chi connectivity index (χ4v) is 0.973. The van der Waals surface area contributed by atoms with Crippen LogP contribution < -0.4 is 0 Å². The molecule has 1 fully saturated rings. The van der Waals surface area contributed by atoms with Gasteiger partial charge in [-0.25, -0.2) is 4.79 Å². The number of rotatable bonds is 2. The van der Waals surface area contributed by atoms with Gasteiger partial charge in [0.15, 0.2) is 0 Å². The normalized spacial score (nSPS) is 27.3. The van der Waals surface area contributed by atoms with Gasteiger partial charge in [0, 0.05) is 6.42 Å². The second kappa shape index (κ2) is 3.42. The van der Waals surface area contributed by atoms with Crippen LogP contribution in [0.4, 0.5) is 0 Å². The van der Waals surface area contributed by atoms with Crippen LogP contribution >= 0.6 is 0 Å². The summed E-state index contributed by atoms with van der Waals surface area (Å²) in [6.45, 7) is 4.33. The molecule has 0 aromatic heterocycles. The third-order valence-electron chi connectivity index (χ3n) is 1.47. The summed E-state index contributed by atoms with van der Waals surface area (Å²) in [5, 5.41) is 0. The van der Waals surface area contributed by atoms with E-state index < -0.39 is 0 Å². The zero-order chi connectivity index (χ0) is 8.27. The van der Waals surface area contributed by atoms with E-state index in [1.165, 1.54) is 6.26 Å². The van der Waals surface area contributed by atoms with Crippen LogP contribution in [0.1, 0.15) is 20.3 Å². The number of cyclic esters (lactones) is 1. The highest BCUT2D eigenvalue weighted by atomic mass is 16.6. The molecule has 1 saturated heterocycles. The fraction of sp³-hybridized carbons (Fsp3) is 0.625. The van der Waals surface area contributed by atoms with E-state index in [4.69, 9.17) is 9.47 Å². The molecule has 0 spiro atoms. The number of esters is 1. The van der Waals surface area contributed by atoms with Crippen molar-refractivity contribution in [2.24, 2.45) is 0 Å². The molecule has 0 radical (unpaired) electrons. The Hall–Kier alpha value is -0.990. The number of carbonyl (C=O) groups is 1. The second-order valence-corrected chi connectivity index (χ2v) is 2.52. The van der Waals surface area contributed by atoms with Gasteiger partial charge in [-0.3, -0.25) is 0 Å². The first-order valence-electron chi connectivity index (χ1n) is 3.75. The highest BCUT2D eigenvalue weighted by molar-refractivity contribution is 5.90. The Morgan fingerprint density at radius 1 is 1.82 bits per heavy atom. The second-order valence-electron chi connectivity index (χ2n) is 2.52. The predicted molar refractivity (Wildman–Crippen MR) is 39.9 cm³/mol. The van der Waals surface area contributed by atoms with Gasteiger partial charge in [-0.1, -0.05) is 0 Å². The molecule has 1 heterocycles. The van der Waals surface area contributed by atoms with Gasteiger partial charge in [0.25, 0.3) is 0 Å². The van der Waals surface area contributed by atoms with Crippen molar-refractivity contribution in [2.75, 3.05) is 6.61 Å². The van der Waals surface area contributed by atoms with Gasteiger partial charge in [0.1, 0.15) is 6.10 Å². The van der Waals surface area contributed by atoms with E-state index in [0.29, 0.717) is 18.6 Å². The highest BCUT2D eigenvalue weighted by Crippen LogP contribution is 2.19. The smallest absolute Gasteiger partial charge is 0.337 e. The van der Waals surface area contributed by atoms with Crippen LogP contribution in [0.25, 0.3) is 0 Å². The Labute approximate surface area is 66.0 Å². The Morgan fingerprint density at radius 3 is 3.00 bits per heavy atom. The molecule has 11 heavy (non-hydrogen) atoms. The number of ether oxygens (including phenoxy) is 2. The van der Waals surface area contributed by atoms with Crippen LogP contribution in [0.2, 0.25) is 0 Å². The van der Waals surface area contributed by atoms with Gasteiger partial charge in [-0.05, 0) is 13.8 Å². The summed E-state index contributed by atoms with van der Waals surface area (Å²) in [5.74, 6) is -0.244. The van der Waals surface area contributed by atoms with Crippen molar-refractivity contribution in [3.63, 3.8) is 0 Å². The lowest BCUT2D eigenvalue weighted by Gasteiger charge is -1.94. The lowest BCUT2D eigenvalue weighted by molar-refractivity contribution is -0.138. The van der Waals surface area contributed by atoms with E-state index in [2.05, 4.69) is 0 Å². The fourth-order valence-electron chi connectivity index (χ4n) is 0.973. The van der Waals surface area contributed by atoms with Gasteiger partial charge in [0.05, 0.1) is 18.4 Å². The maximum atomic E-state index is 10.9.